The van der Waals surface area contributed by atoms with Crippen LogP contribution < -0.4 is 10.1 Å². The maximum Gasteiger partial charge on any atom is 0.261 e. The van der Waals surface area contributed by atoms with E-state index >= 15 is 0 Å². The number of nitrogens with one attached hydrogen (secondary N) is 1. The third kappa shape index (κ3) is 6.63. The summed E-state index contributed by atoms with van der Waals surface area (Å²) in [5.74, 6) is 0.293. The van der Waals surface area contributed by atoms with E-state index in [0.29, 0.717) is 18.8 Å². The highest BCUT2D eigenvalue weighted by molar-refractivity contribution is 5.88. The molecule has 0 aliphatic rings. The number of nitrogens with zero attached hydrogens (tertiary/aromatic N) is 1. The second kappa shape index (κ2) is 10.6. The molecule has 5 heteroatoms. The van der Waals surface area contributed by atoms with Crippen molar-refractivity contribution in [3.63, 3.8) is 0 Å². The van der Waals surface area contributed by atoms with E-state index in [1.807, 2.05) is 64.1 Å². The van der Waals surface area contributed by atoms with Crippen molar-refractivity contribution in [2.24, 2.45) is 0 Å². The standard InChI is InChI=1S/C24H32N2O3/c1-6-11-25-24(28)20(5)26(15-21-10-8-7-9-19(21)4)23(27)16-29-22-13-17(2)12-18(3)14-22/h7-10,12-14,20H,6,11,15-16H2,1-5H3,(H,25,28). The average molecular weight is 397 g/mol. The third-order valence-corrected chi connectivity index (χ3v) is 4.88. The van der Waals surface area contributed by atoms with E-state index in [1.54, 1.807) is 11.8 Å². The van der Waals surface area contributed by atoms with Crippen molar-refractivity contribution in [2.45, 2.75) is 53.6 Å². The van der Waals surface area contributed by atoms with Crippen molar-refractivity contribution in [3.8, 4) is 5.75 Å². The van der Waals surface area contributed by atoms with Crippen LogP contribution in [0.25, 0.3) is 0 Å². The maximum absolute atomic E-state index is 13.0. The molecule has 0 radical (unpaired) electrons. The van der Waals surface area contributed by atoms with Gasteiger partial charge in [0.25, 0.3) is 5.91 Å². The van der Waals surface area contributed by atoms with Crippen LogP contribution in [0.1, 0.15) is 42.5 Å². The van der Waals surface area contributed by atoms with E-state index in [4.69, 9.17) is 4.74 Å². The largest absolute Gasteiger partial charge is 0.484 e. The molecule has 2 aromatic rings. The van der Waals surface area contributed by atoms with Gasteiger partial charge in [-0.05, 0) is 68.5 Å². The van der Waals surface area contributed by atoms with Crippen LogP contribution in [-0.4, -0.2) is 35.9 Å². The summed E-state index contributed by atoms with van der Waals surface area (Å²) in [6.45, 7) is 10.6. The van der Waals surface area contributed by atoms with Crippen LogP contribution in [0.15, 0.2) is 42.5 Å². The number of rotatable bonds is 9. The first-order valence-electron chi connectivity index (χ1n) is 10.1. The quantitative estimate of drug-likeness (QED) is 0.699. The summed E-state index contributed by atoms with van der Waals surface area (Å²) < 4.78 is 5.77. The predicted molar refractivity (Wildman–Crippen MR) is 116 cm³/mol. The lowest BCUT2D eigenvalue weighted by Gasteiger charge is -2.29. The molecule has 2 aromatic carbocycles. The van der Waals surface area contributed by atoms with Gasteiger partial charge in [0, 0.05) is 13.1 Å². The summed E-state index contributed by atoms with van der Waals surface area (Å²) in [6.07, 6.45) is 0.847. The van der Waals surface area contributed by atoms with Crippen LogP contribution in [-0.2, 0) is 16.1 Å². The van der Waals surface area contributed by atoms with Gasteiger partial charge in [0.1, 0.15) is 11.8 Å². The van der Waals surface area contributed by atoms with Crippen LogP contribution in [0, 0.1) is 20.8 Å². The molecule has 5 nitrogen and oxygen atoms in total. The Labute approximate surface area is 174 Å². The van der Waals surface area contributed by atoms with Crippen LogP contribution in [0.2, 0.25) is 0 Å². The summed E-state index contributed by atoms with van der Waals surface area (Å²) in [5.41, 5.74) is 4.26. The number of aryl methyl sites for hydroxylation is 3. The Morgan fingerprint density at radius 1 is 1.07 bits per heavy atom. The molecule has 0 saturated carbocycles. The van der Waals surface area contributed by atoms with Gasteiger partial charge >= 0.3 is 0 Å². The minimum Gasteiger partial charge on any atom is -0.484 e. The fraction of sp³-hybridized carbons (Fsp3) is 0.417. The zero-order valence-corrected chi connectivity index (χ0v) is 18.1. The van der Waals surface area contributed by atoms with Crippen molar-refractivity contribution < 1.29 is 14.3 Å². The number of benzene rings is 2. The van der Waals surface area contributed by atoms with Gasteiger partial charge in [-0.1, -0.05) is 37.3 Å². The van der Waals surface area contributed by atoms with Gasteiger partial charge in [-0.3, -0.25) is 9.59 Å². The Bertz CT molecular complexity index is 828. The van der Waals surface area contributed by atoms with Crippen molar-refractivity contribution in [1.29, 1.82) is 0 Å². The zero-order valence-electron chi connectivity index (χ0n) is 18.1. The van der Waals surface area contributed by atoms with E-state index in [-0.39, 0.29) is 18.4 Å². The van der Waals surface area contributed by atoms with Gasteiger partial charge in [0.15, 0.2) is 6.61 Å². The van der Waals surface area contributed by atoms with E-state index in [1.165, 1.54) is 0 Å². The van der Waals surface area contributed by atoms with Crippen LogP contribution >= 0.6 is 0 Å². The molecule has 0 spiro atoms. The van der Waals surface area contributed by atoms with Crippen molar-refractivity contribution >= 4 is 11.8 Å². The number of ether oxygens (including phenoxy) is 1. The summed E-state index contributed by atoms with van der Waals surface area (Å²) in [6, 6.07) is 13.2. The van der Waals surface area contributed by atoms with Crippen molar-refractivity contribution in [1.82, 2.24) is 10.2 Å². The average Bonchev–Trinajstić information content (AvgIpc) is 2.68. The van der Waals surface area contributed by atoms with Gasteiger partial charge in [0.2, 0.25) is 5.91 Å². The molecule has 29 heavy (non-hydrogen) atoms. The molecular weight excluding hydrogens is 364 g/mol. The monoisotopic (exact) mass is 396 g/mol. The summed E-state index contributed by atoms with van der Waals surface area (Å²) in [7, 11) is 0. The summed E-state index contributed by atoms with van der Waals surface area (Å²) >= 11 is 0. The number of hydrogen-bond acceptors (Lipinski definition) is 3. The van der Waals surface area contributed by atoms with Crippen LogP contribution in [0.3, 0.4) is 0 Å². The molecule has 156 valence electrons. The molecule has 2 amide bonds. The molecule has 1 N–H and O–H groups in total. The molecule has 0 heterocycles. The third-order valence-electron chi connectivity index (χ3n) is 4.88. The number of carbonyl (C=O) groups excluding carboxylic acids is 2. The smallest absolute Gasteiger partial charge is 0.261 e. The summed E-state index contributed by atoms with van der Waals surface area (Å²) in [5, 5.41) is 2.88. The van der Waals surface area contributed by atoms with Gasteiger partial charge in [0.05, 0.1) is 0 Å². The highest BCUT2D eigenvalue weighted by atomic mass is 16.5. The second-order valence-corrected chi connectivity index (χ2v) is 7.53. The lowest BCUT2D eigenvalue weighted by atomic mass is 10.1. The fourth-order valence-electron chi connectivity index (χ4n) is 3.19. The normalized spacial score (nSPS) is 11.6. The molecule has 0 aromatic heterocycles. The van der Waals surface area contributed by atoms with E-state index in [2.05, 4.69) is 11.4 Å². The van der Waals surface area contributed by atoms with Gasteiger partial charge in [-0.15, -0.1) is 0 Å². The Balaban J connectivity index is 2.17. The first kappa shape index (κ1) is 22.5. The molecule has 1 unspecified atom stereocenters. The lowest BCUT2D eigenvalue weighted by molar-refractivity contribution is -0.142. The highest BCUT2D eigenvalue weighted by Crippen LogP contribution is 2.18. The van der Waals surface area contributed by atoms with E-state index < -0.39 is 6.04 Å². The molecule has 0 bridgehead atoms. The first-order valence-corrected chi connectivity index (χ1v) is 10.1. The minimum absolute atomic E-state index is 0.111. The first-order chi connectivity index (χ1) is 13.8. The number of amides is 2. The lowest BCUT2D eigenvalue weighted by Crippen LogP contribution is -2.49. The van der Waals surface area contributed by atoms with Gasteiger partial charge < -0.3 is 15.0 Å². The zero-order chi connectivity index (χ0) is 21.4. The predicted octanol–water partition coefficient (Wildman–Crippen LogP) is 3.93. The fourth-order valence-corrected chi connectivity index (χ4v) is 3.19. The molecule has 0 saturated heterocycles. The Hall–Kier alpha value is -2.82. The van der Waals surface area contributed by atoms with E-state index in [9.17, 15) is 9.59 Å². The minimum atomic E-state index is -0.587. The molecule has 0 aliphatic heterocycles. The Morgan fingerprint density at radius 3 is 2.34 bits per heavy atom. The summed E-state index contributed by atoms with van der Waals surface area (Å²) in [4.78, 5) is 27.2. The van der Waals surface area contributed by atoms with E-state index in [0.717, 1.165) is 28.7 Å². The molecule has 2 rings (SSSR count). The van der Waals surface area contributed by atoms with Crippen LogP contribution in [0.5, 0.6) is 5.75 Å². The topological polar surface area (TPSA) is 58.6 Å². The van der Waals surface area contributed by atoms with Crippen molar-refractivity contribution in [2.75, 3.05) is 13.2 Å². The SMILES string of the molecule is CCCNC(=O)C(C)N(Cc1ccccc1C)C(=O)COc1cc(C)cc(C)c1. The highest BCUT2D eigenvalue weighted by Gasteiger charge is 2.26. The maximum atomic E-state index is 13.0. The second-order valence-electron chi connectivity index (χ2n) is 7.53. The number of carbonyl (C=O) groups is 2. The molecule has 0 aliphatic carbocycles. The molecule has 0 fully saturated rings. The van der Waals surface area contributed by atoms with Crippen LogP contribution in [0.4, 0.5) is 0 Å². The Kier molecular flexibility index (Phi) is 8.25. The van der Waals surface area contributed by atoms with Gasteiger partial charge in [-0.25, -0.2) is 0 Å². The molecule has 1 atom stereocenters. The number of hydrogen-bond donors (Lipinski definition) is 1. The van der Waals surface area contributed by atoms with Gasteiger partial charge in [-0.2, -0.15) is 0 Å². The Morgan fingerprint density at radius 2 is 1.72 bits per heavy atom. The van der Waals surface area contributed by atoms with Crippen molar-refractivity contribution in [3.05, 3.63) is 64.7 Å². The molecular formula is C24H32N2O3.